The van der Waals surface area contributed by atoms with Gasteiger partial charge in [-0.05, 0) is 71.3 Å². The van der Waals surface area contributed by atoms with Crippen molar-refractivity contribution >= 4 is 27.7 Å². The molecule has 0 saturated carbocycles. The van der Waals surface area contributed by atoms with Gasteiger partial charge >= 0.3 is 0 Å². The van der Waals surface area contributed by atoms with Gasteiger partial charge in [-0.3, -0.25) is 4.79 Å². The van der Waals surface area contributed by atoms with Crippen LogP contribution in [0.25, 0.3) is 32.9 Å². The number of carbonyl (C=O) groups excluding carboxylic acids is 1. The summed E-state index contributed by atoms with van der Waals surface area (Å²) < 4.78 is 8.29. The highest BCUT2D eigenvalue weighted by molar-refractivity contribution is 6.18. The minimum Gasteiger partial charge on any atom is -0.457 e. The summed E-state index contributed by atoms with van der Waals surface area (Å²) in [5.74, 6) is 1.12. The number of fused-ring (bicyclic) bond motifs is 3. The van der Waals surface area contributed by atoms with Crippen molar-refractivity contribution in [2.75, 3.05) is 0 Å². The normalized spacial score (nSPS) is 11.1. The maximum atomic E-state index is 12.3. The predicted octanol–water partition coefficient (Wildman–Crippen LogP) is 7.20. The van der Waals surface area contributed by atoms with Crippen LogP contribution in [0.15, 0.2) is 115 Å². The standard InChI is InChI=1S/C32H23N2O2/c33-32(35)28-15-8-16-29-31(28)27-18-17-24(23-10-3-1-4-11-23)20-30(27)34(29)21-22-9-7-14-26(19-22)36-25-12-5-2-6-13-25/h1-17,19-20H,21H2,(H2,33,35). The summed E-state index contributed by atoms with van der Waals surface area (Å²) in [5.41, 5.74) is 11.5. The molecule has 0 aliphatic carbocycles. The number of ether oxygens (including phenoxy) is 1. The monoisotopic (exact) mass is 467 g/mol. The van der Waals surface area contributed by atoms with Gasteiger partial charge in [-0.15, -0.1) is 0 Å². The van der Waals surface area contributed by atoms with Gasteiger partial charge in [-0.25, -0.2) is 0 Å². The smallest absolute Gasteiger partial charge is 0.249 e. The van der Waals surface area contributed by atoms with Crippen molar-refractivity contribution in [3.05, 3.63) is 132 Å². The average molecular weight is 468 g/mol. The average Bonchev–Trinajstić information content (AvgIpc) is 3.23. The van der Waals surface area contributed by atoms with Crippen LogP contribution < -0.4 is 10.5 Å². The van der Waals surface area contributed by atoms with Crippen LogP contribution in [0.1, 0.15) is 15.9 Å². The summed E-state index contributed by atoms with van der Waals surface area (Å²) in [5, 5.41) is 1.71. The van der Waals surface area contributed by atoms with Gasteiger partial charge in [-0.2, -0.15) is 0 Å². The lowest BCUT2D eigenvalue weighted by Crippen LogP contribution is -2.11. The molecule has 0 atom stereocenters. The molecule has 0 fully saturated rings. The molecule has 0 aliphatic rings. The van der Waals surface area contributed by atoms with Crippen LogP contribution in [-0.4, -0.2) is 10.5 Å². The molecule has 6 rings (SSSR count). The molecule has 173 valence electrons. The molecule has 0 aliphatic heterocycles. The fourth-order valence-corrected chi connectivity index (χ4v) is 4.74. The van der Waals surface area contributed by atoms with Gasteiger partial charge in [0.25, 0.3) is 0 Å². The third kappa shape index (κ3) is 3.99. The number of amides is 1. The SMILES string of the molecule is NC(=O)c1cccc2c1c1[c]cc(-c3ccccc3)cc1n2Cc1cccc(Oc2ccccc2)c1. The number of benzene rings is 5. The highest BCUT2D eigenvalue weighted by Gasteiger charge is 2.17. The molecule has 6 aromatic rings. The first-order chi connectivity index (χ1) is 17.7. The van der Waals surface area contributed by atoms with Gasteiger partial charge in [0.15, 0.2) is 0 Å². The summed E-state index contributed by atoms with van der Waals surface area (Å²) in [6.45, 7) is 0.598. The Labute approximate surface area is 209 Å². The minimum atomic E-state index is -0.446. The fraction of sp³-hybridized carbons (Fsp3) is 0.0312. The number of para-hydroxylation sites is 1. The van der Waals surface area contributed by atoms with E-state index >= 15 is 0 Å². The van der Waals surface area contributed by atoms with Crippen molar-refractivity contribution in [3.63, 3.8) is 0 Å². The molecular weight excluding hydrogens is 444 g/mol. The van der Waals surface area contributed by atoms with Crippen LogP contribution in [0.4, 0.5) is 0 Å². The number of hydrogen-bond acceptors (Lipinski definition) is 2. The molecule has 5 aromatic carbocycles. The van der Waals surface area contributed by atoms with Crippen LogP contribution >= 0.6 is 0 Å². The lowest BCUT2D eigenvalue weighted by molar-refractivity contribution is 0.100. The van der Waals surface area contributed by atoms with Crippen molar-refractivity contribution in [3.8, 4) is 22.6 Å². The van der Waals surface area contributed by atoms with E-state index in [0.717, 1.165) is 50.0 Å². The first-order valence-corrected chi connectivity index (χ1v) is 11.8. The van der Waals surface area contributed by atoms with E-state index in [1.807, 2.05) is 84.9 Å². The Balaban J connectivity index is 1.50. The summed E-state index contributed by atoms with van der Waals surface area (Å²) in [4.78, 5) is 12.3. The number of nitrogens with two attached hydrogens (primary N) is 1. The van der Waals surface area contributed by atoms with Crippen molar-refractivity contribution in [2.24, 2.45) is 5.73 Å². The predicted molar refractivity (Wildman–Crippen MR) is 144 cm³/mol. The number of aromatic nitrogens is 1. The van der Waals surface area contributed by atoms with Crippen LogP contribution in [0.5, 0.6) is 11.5 Å². The molecular formula is C32H23N2O2. The Morgan fingerprint density at radius 3 is 2.25 bits per heavy atom. The number of rotatable bonds is 6. The number of primary amides is 1. The second kappa shape index (κ2) is 9.08. The Bertz CT molecular complexity index is 1700. The van der Waals surface area contributed by atoms with E-state index in [9.17, 15) is 4.79 Å². The Morgan fingerprint density at radius 2 is 1.47 bits per heavy atom. The quantitative estimate of drug-likeness (QED) is 0.282. The highest BCUT2D eigenvalue weighted by Crippen LogP contribution is 2.35. The lowest BCUT2D eigenvalue weighted by atomic mass is 10.0. The van der Waals surface area contributed by atoms with Gasteiger partial charge in [-0.1, -0.05) is 66.7 Å². The van der Waals surface area contributed by atoms with Gasteiger partial charge in [0.2, 0.25) is 5.91 Å². The van der Waals surface area contributed by atoms with Crippen LogP contribution in [-0.2, 0) is 6.54 Å². The second-order valence-corrected chi connectivity index (χ2v) is 8.73. The zero-order valence-electron chi connectivity index (χ0n) is 19.5. The number of hydrogen-bond donors (Lipinski definition) is 1. The van der Waals surface area contributed by atoms with Gasteiger partial charge in [0, 0.05) is 22.9 Å². The third-order valence-electron chi connectivity index (χ3n) is 6.39. The molecule has 0 unspecified atom stereocenters. The van der Waals surface area contributed by atoms with E-state index in [2.05, 4.69) is 34.9 Å². The second-order valence-electron chi connectivity index (χ2n) is 8.73. The summed E-state index contributed by atoms with van der Waals surface area (Å²) >= 11 is 0. The van der Waals surface area contributed by atoms with Crippen LogP contribution in [0, 0.1) is 6.07 Å². The van der Waals surface area contributed by atoms with E-state index in [4.69, 9.17) is 10.5 Å². The van der Waals surface area contributed by atoms with E-state index in [1.54, 1.807) is 6.07 Å². The Hall–Kier alpha value is -4.83. The number of carbonyl (C=O) groups is 1. The largest absolute Gasteiger partial charge is 0.457 e. The topological polar surface area (TPSA) is 57.2 Å². The van der Waals surface area contributed by atoms with Crippen LogP contribution in [0.3, 0.4) is 0 Å². The van der Waals surface area contributed by atoms with Crippen molar-refractivity contribution in [1.29, 1.82) is 0 Å². The summed E-state index contributed by atoms with van der Waals surface area (Å²) in [7, 11) is 0. The Morgan fingerprint density at radius 1 is 0.750 bits per heavy atom. The summed E-state index contributed by atoms with van der Waals surface area (Å²) in [6.07, 6.45) is 0. The molecule has 0 spiro atoms. The van der Waals surface area contributed by atoms with Crippen LogP contribution in [0.2, 0.25) is 0 Å². The molecule has 1 aromatic heterocycles. The maximum Gasteiger partial charge on any atom is 0.249 e. The van der Waals surface area contributed by atoms with Gasteiger partial charge in [0.05, 0.1) is 11.0 Å². The fourth-order valence-electron chi connectivity index (χ4n) is 4.74. The van der Waals surface area contributed by atoms with Crippen molar-refractivity contribution in [1.82, 2.24) is 4.57 Å². The molecule has 0 bridgehead atoms. The summed E-state index contributed by atoms with van der Waals surface area (Å²) in [6, 6.07) is 41.3. The number of nitrogens with zero attached hydrogens (tertiary/aromatic N) is 1. The van der Waals surface area contributed by atoms with E-state index in [1.165, 1.54) is 0 Å². The van der Waals surface area contributed by atoms with E-state index < -0.39 is 5.91 Å². The molecule has 0 saturated heterocycles. The zero-order valence-corrected chi connectivity index (χ0v) is 19.5. The van der Waals surface area contributed by atoms with Gasteiger partial charge < -0.3 is 15.0 Å². The molecule has 1 amide bonds. The van der Waals surface area contributed by atoms with Gasteiger partial charge in [0.1, 0.15) is 11.5 Å². The van der Waals surface area contributed by atoms with Crippen molar-refractivity contribution in [2.45, 2.75) is 6.54 Å². The highest BCUT2D eigenvalue weighted by atomic mass is 16.5. The van der Waals surface area contributed by atoms with E-state index in [0.29, 0.717) is 12.1 Å². The van der Waals surface area contributed by atoms with E-state index in [-0.39, 0.29) is 0 Å². The minimum absolute atomic E-state index is 0.446. The van der Waals surface area contributed by atoms with Crippen molar-refractivity contribution < 1.29 is 9.53 Å². The first kappa shape index (κ1) is 21.7. The zero-order chi connectivity index (χ0) is 24.5. The lowest BCUT2D eigenvalue weighted by Gasteiger charge is -2.11. The maximum absolute atomic E-state index is 12.3. The molecule has 4 heteroatoms. The molecule has 4 nitrogen and oxygen atoms in total. The molecule has 36 heavy (non-hydrogen) atoms. The molecule has 1 heterocycles. The third-order valence-corrected chi connectivity index (χ3v) is 6.39. The first-order valence-electron chi connectivity index (χ1n) is 11.8. The Kier molecular flexibility index (Phi) is 5.47. The molecule has 1 radical (unpaired) electrons. The molecule has 2 N–H and O–H groups in total.